The van der Waals surface area contributed by atoms with Gasteiger partial charge < -0.3 is 9.32 Å². The highest BCUT2D eigenvalue weighted by Crippen LogP contribution is 2.22. The van der Waals surface area contributed by atoms with E-state index in [0.29, 0.717) is 6.54 Å². The van der Waals surface area contributed by atoms with Crippen LogP contribution in [0.25, 0.3) is 11.6 Å². The Balaban J connectivity index is 1.90. The minimum absolute atomic E-state index is 0.687. The summed E-state index contributed by atoms with van der Waals surface area (Å²) in [5.74, 6) is 4.38. The second-order valence-electron chi connectivity index (χ2n) is 6.24. The summed E-state index contributed by atoms with van der Waals surface area (Å²) in [7, 11) is 4.06. The Morgan fingerprint density at radius 2 is 1.92 bits per heavy atom. The van der Waals surface area contributed by atoms with E-state index in [-0.39, 0.29) is 0 Å². The first kappa shape index (κ1) is 17.8. The molecule has 6 heteroatoms. The average molecular weight is 356 g/mol. The van der Waals surface area contributed by atoms with Gasteiger partial charge in [-0.2, -0.15) is 16.9 Å². The molecule has 132 valence electrons. The summed E-state index contributed by atoms with van der Waals surface area (Å²) in [6, 6.07) is 14.3. The first-order valence-electron chi connectivity index (χ1n) is 8.36. The highest BCUT2D eigenvalue weighted by Gasteiger charge is 2.16. The predicted molar refractivity (Wildman–Crippen MR) is 103 cm³/mol. The van der Waals surface area contributed by atoms with Crippen LogP contribution in [0.1, 0.15) is 17.1 Å². The lowest BCUT2D eigenvalue weighted by atomic mass is 10.2. The van der Waals surface area contributed by atoms with Gasteiger partial charge in [-0.3, -0.25) is 0 Å². The molecule has 0 fully saturated rings. The van der Waals surface area contributed by atoms with Crippen LogP contribution >= 0.6 is 11.8 Å². The van der Waals surface area contributed by atoms with E-state index < -0.39 is 0 Å². The largest absolute Gasteiger partial charge is 0.456 e. The van der Waals surface area contributed by atoms with E-state index in [1.54, 1.807) is 11.8 Å². The highest BCUT2D eigenvalue weighted by atomic mass is 32.2. The number of benzene rings is 1. The van der Waals surface area contributed by atoms with Gasteiger partial charge in [-0.1, -0.05) is 30.3 Å². The molecule has 1 aromatic carbocycles. The van der Waals surface area contributed by atoms with Crippen molar-refractivity contribution in [1.29, 1.82) is 0 Å². The summed E-state index contributed by atoms with van der Waals surface area (Å²) in [5, 5.41) is 4.71. The molecule has 0 saturated heterocycles. The predicted octanol–water partition coefficient (Wildman–Crippen LogP) is 3.55. The van der Waals surface area contributed by atoms with E-state index in [9.17, 15) is 0 Å². The zero-order valence-corrected chi connectivity index (χ0v) is 15.8. The first-order chi connectivity index (χ1) is 12.2. The Morgan fingerprint density at radius 3 is 2.64 bits per heavy atom. The molecule has 0 N–H and O–H groups in total. The van der Waals surface area contributed by atoms with Crippen LogP contribution in [-0.2, 0) is 19.5 Å². The molecule has 0 aliphatic heterocycles. The van der Waals surface area contributed by atoms with E-state index in [0.717, 1.165) is 41.9 Å². The molecule has 0 spiro atoms. The molecule has 0 radical (unpaired) electrons. The molecule has 0 atom stereocenters. The molecule has 0 unspecified atom stereocenters. The monoisotopic (exact) mass is 356 g/mol. The van der Waals surface area contributed by atoms with E-state index in [2.05, 4.69) is 23.3 Å². The maximum absolute atomic E-state index is 6.01. The van der Waals surface area contributed by atoms with Gasteiger partial charge in [-0.25, -0.2) is 9.67 Å². The summed E-state index contributed by atoms with van der Waals surface area (Å²) >= 11 is 1.80. The van der Waals surface area contributed by atoms with Gasteiger partial charge >= 0.3 is 0 Å². The smallest absolute Gasteiger partial charge is 0.194 e. The maximum atomic E-state index is 6.01. The quantitative estimate of drug-likeness (QED) is 0.618. The topological polar surface area (TPSA) is 47.1 Å². The van der Waals surface area contributed by atoms with Crippen LogP contribution in [0.3, 0.4) is 0 Å². The summed E-state index contributed by atoms with van der Waals surface area (Å²) in [4.78, 5) is 6.82. The van der Waals surface area contributed by atoms with Gasteiger partial charge in [0.2, 0.25) is 0 Å². The van der Waals surface area contributed by atoms with Crippen molar-refractivity contribution in [2.75, 3.05) is 26.1 Å². The van der Waals surface area contributed by atoms with Crippen LogP contribution in [0, 0.1) is 0 Å². The lowest BCUT2D eigenvalue weighted by Gasteiger charge is -2.06. The zero-order valence-electron chi connectivity index (χ0n) is 15.0. The van der Waals surface area contributed by atoms with E-state index in [1.165, 1.54) is 5.56 Å². The van der Waals surface area contributed by atoms with Crippen molar-refractivity contribution in [3.63, 3.8) is 0 Å². The van der Waals surface area contributed by atoms with Gasteiger partial charge in [0.1, 0.15) is 5.76 Å². The maximum Gasteiger partial charge on any atom is 0.194 e. The number of hydrogen-bond donors (Lipinski definition) is 0. The zero-order chi connectivity index (χ0) is 17.6. The summed E-state index contributed by atoms with van der Waals surface area (Å²) in [6.45, 7) is 1.46. The average Bonchev–Trinajstić information content (AvgIpc) is 3.20. The third-order valence-corrected chi connectivity index (χ3v) is 4.39. The number of aryl methyl sites for hydroxylation is 1. The SMILES string of the molecule is CSCCc1nc(-c2ccc(CN(C)C)o2)n(Cc2ccccc2)n1. The van der Waals surface area contributed by atoms with Crippen LogP contribution in [0.5, 0.6) is 0 Å². The van der Waals surface area contributed by atoms with Gasteiger partial charge in [0, 0.05) is 12.2 Å². The molecule has 0 aliphatic rings. The lowest BCUT2D eigenvalue weighted by molar-refractivity contribution is 0.352. The van der Waals surface area contributed by atoms with Crippen LogP contribution in [0.15, 0.2) is 46.9 Å². The fourth-order valence-electron chi connectivity index (χ4n) is 2.63. The fourth-order valence-corrected chi connectivity index (χ4v) is 3.02. The Hall–Kier alpha value is -2.05. The highest BCUT2D eigenvalue weighted by molar-refractivity contribution is 7.98. The van der Waals surface area contributed by atoms with Crippen molar-refractivity contribution in [3.05, 3.63) is 59.6 Å². The molecule has 0 amide bonds. The summed E-state index contributed by atoms with van der Waals surface area (Å²) < 4.78 is 7.95. The number of hydrogen-bond acceptors (Lipinski definition) is 5. The molecule has 0 aliphatic carbocycles. The molecule has 2 aromatic heterocycles. The Bertz CT molecular complexity index is 795. The van der Waals surface area contributed by atoms with Crippen molar-refractivity contribution in [3.8, 4) is 11.6 Å². The fraction of sp³-hybridized carbons (Fsp3) is 0.368. The molecule has 2 heterocycles. The van der Waals surface area contributed by atoms with Gasteiger partial charge in [0.05, 0.1) is 13.1 Å². The first-order valence-corrected chi connectivity index (χ1v) is 9.75. The Kier molecular flexibility index (Phi) is 5.94. The van der Waals surface area contributed by atoms with Crippen molar-refractivity contribution < 1.29 is 4.42 Å². The second-order valence-corrected chi connectivity index (χ2v) is 7.23. The molecule has 3 rings (SSSR count). The number of rotatable bonds is 8. The van der Waals surface area contributed by atoms with Crippen LogP contribution < -0.4 is 0 Å². The third kappa shape index (κ3) is 4.74. The van der Waals surface area contributed by atoms with E-state index in [1.807, 2.05) is 49.1 Å². The second kappa shape index (κ2) is 8.36. The van der Waals surface area contributed by atoms with Crippen LogP contribution in [-0.4, -0.2) is 45.8 Å². The minimum atomic E-state index is 0.687. The molecular formula is C19H24N4OS. The Labute approximate surface area is 153 Å². The molecular weight excluding hydrogens is 332 g/mol. The van der Waals surface area contributed by atoms with Crippen LogP contribution in [0.2, 0.25) is 0 Å². The van der Waals surface area contributed by atoms with Gasteiger partial charge in [-0.05, 0) is 38.0 Å². The summed E-state index contributed by atoms with van der Waals surface area (Å²) in [6.07, 6.45) is 2.96. The van der Waals surface area contributed by atoms with Crippen LogP contribution in [0.4, 0.5) is 0 Å². The summed E-state index contributed by atoms with van der Waals surface area (Å²) in [5.41, 5.74) is 1.20. The Morgan fingerprint density at radius 1 is 1.12 bits per heavy atom. The standard InChI is InChI=1S/C19H24N4OS/c1-22(2)14-16-9-10-17(24-16)19-20-18(11-12-25-3)21-23(19)13-15-7-5-4-6-8-15/h4-10H,11-14H2,1-3H3. The van der Waals surface area contributed by atoms with Gasteiger partial charge in [-0.15, -0.1) is 0 Å². The van der Waals surface area contributed by atoms with Gasteiger partial charge in [0.15, 0.2) is 17.4 Å². The van der Waals surface area contributed by atoms with Crippen molar-refractivity contribution >= 4 is 11.8 Å². The lowest BCUT2D eigenvalue weighted by Crippen LogP contribution is -2.09. The number of nitrogens with zero attached hydrogens (tertiary/aromatic N) is 4. The van der Waals surface area contributed by atoms with E-state index >= 15 is 0 Å². The normalized spacial score (nSPS) is 11.4. The number of aromatic nitrogens is 3. The molecule has 25 heavy (non-hydrogen) atoms. The van der Waals surface area contributed by atoms with Gasteiger partial charge in [0.25, 0.3) is 0 Å². The molecule has 5 nitrogen and oxygen atoms in total. The third-order valence-electron chi connectivity index (χ3n) is 3.77. The number of thioether (sulfide) groups is 1. The molecule has 0 bridgehead atoms. The number of furan rings is 1. The van der Waals surface area contributed by atoms with Crippen molar-refractivity contribution in [2.45, 2.75) is 19.5 Å². The van der Waals surface area contributed by atoms with Crippen molar-refractivity contribution in [1.82, 2.24) is 19.7 Å². The van der Waals surface area contributed by atoms with Crippen molar-refractivity contribution in [2.24, 2.45) is 0 Å². The minimum Gasteiger partial charge on any atom is -0.456 e. The molecule has 3 aromatic rings. The molecule has 0 saturated carbocycles. The van der Waals surface area contributed by atoms with E-state index in [4.69, 9.17) is 14.5 Å².